The SMILES string of the molecule is CCN(C(=O)C(=O)c1cnn(CC)c1)[C@H](C)c1cccc(OC)c1. The molecule has 1 aromatic heterocycles. The van der Waals surface area contributed by atoms with E-state index in [2.05, 4.69) is 5.10 Å². The Bertz CT molecular complexity index is 724. The zero-order valence-corrected chi connectivity index (χ0v) is 14.5. The maximum atomic E-state index is 12.6. The highest BCUT2D eigenvalue weighted by Gasteiger charge is 2.27. The van der Waals surface area contributed by atoms with Gasteiger partial charge in [0.15, 0.2) is 0 Å². The topological polar surface area (TPSA) is 64.4 Å². The monoisotopic (exact) mass is 329 g/mol. The minimum atomic E-state index is -0.536. The van der Waals surface area contributed by atoms with Gasteiger partial charge in [-0.25, -0.2) is 0 Å². The molecule has 0 aliphatic heterocycles. The summed E-state index contributed by atoms with van der Waals surface area (Å²) in [7, 11) is 1.60. The second kappa shape index (κ2) is 7.77. The molecule has 24 heavy (non-hydrogen) atoms. The van der Waals surface area contributed by atoms with Crippen LogP contribution in [0, 0.1) is 0 Å². The lowest BCUT2D eigenvalue weighted by Gasteiger charge is -2.27. The van der Waals surface area contributed by atoms with Crippen molar-refractivity contribution in [3.8, 4) is 5.75 Å². The molecule has 1 amide bonds. The first kappa shape index (κ1) is 17.7. The van der Waals surface area contributed by atoms with Gasteiger partial charge in [-0.15, -0.1) is 0 Å². The van der Waals surface area contributed by atoms with Crippen molar-refractivity contribution in [3.63, 3.8) is 0 Å². The van der Waals surface area contributed by atoms with Crippen molar-refractivity contribution in [2.75, 3.05) is 13.7 Å². The summed E-state index contributed by atoms with van der Waals surface area (Å²) in [6, 6.07) is 7.28. The molecule has 0 fully saturated rings. The first-order valence-electron chi connectivity index (χ1n) is 8.03. The number of aromatic nitrogens is 2. The van der Waals surface area contributed by atoms with Gasteiger partial charge in [0.1, 0.15) is 5.75 Å². The van der Waals surface area contributed by atoms with Crippen molar-refractivity contribution in [1.82, 2.24) is 14.7 Å². The molecule has 0 N–H and O–H groups in total. The molecule has 0 saturated carbocycles. The molecule has 1 heterocycles. The molecule has 6 heteroatoms. The number of likely N-dealkylation sites (N-methyl/N-ethyl adjacent to an activating group) is 1. The van der Waals surface area contributed by atoms with E-state index in [-0.39, 0.29) is 6.04 Å². The van der Waals surface area contributed by atoms with Crippen molar-refractivity contribution in [2.45, 2.75) is 33.4 Å². The van der Waals surface area contributed by atoms with Gasteiger partial charge in [0.25, 0.3) is 11.7 Å². The lowest BCUT2D eigenvalue weighted by atomic mass is 10.1. The number of Topliss-reactive ketones (excluding diaryl/α,β-unsaturated/α-hetero) is 1. The summed E-state index contributed by atoms with van der Waals surface area (Å²) in [6.45, 7) is 6.77. The summed E-state index contributed by atoms with van der Waals surface area (Å²) in [5.41, 5.74) is 1.24. The predicted molar refractivity (Wildman–Crippen MR) is 91.0 cm³/mol. The number of amides is 1. The van der Waals surface area contributed by atoms with E-state index < -0.39 is 11.7 Å². The fraction of sp³-hybridized carbons (Fsp3) is 0.389. The summed E-state index contributed by atoms with van der Waals surface area (Å²) < 4.78 is 6.86. The van der Waals surface area contributed by atoms with Crippen LogP contribution in [0.3, 0.4) is 0 Å². The molecule has 0 aliphatic rings. The predicted octanol–water partition coefficient (Wildman–Crippen LogP) is 2.70. The Balaban J connectivity index is 2.22. The minimum Gasteiger partial charge on any atom is -0.497 e. The Kier molecular flexibility index (Phi) is 5.73. The van der Waals surface area contributed by atoms with Crippen LogP contribution in [-0.2, 0) is 11.3 Å². The van der Waals surface area contributed by atoms with E-state index in [4.69, 9.17) is 4.74 Å². The molecule has 0 saturated heterocycles. The lowest BCUT2D eigenvalue weighted by Crippen LogP contribution is -2.38. The summed E-state index contributed by atoms with van der Waals surface area (Å²) in [4.78, 5) is 26.7. The van der Waals surface area contributed by atoms with Gasteiger partial charge >= 0.3 is 0 Å². The highest BCUT2D eigenvalue weighted by Crippen LogP contribution is 2.24. The average Bonchev–Trinajstić information content (AvgIpc) is 3.10. The number of rotatable bonds is 7. The van der Waals surface area contributed by atoms with Gasteiger partial charge in [-0.05, 0) is 38.5 Å². The minimum absolute atomic E-state index is 0.234. The van der Waals surface area contributed by atoms with Crippen LogP contribution in [0.15, 0.2) is 36.7 Å². The van der Waals surface area contributed by atoms with Crippen molar-refractivity contribution < 1.29 is 14.3 Å². The smallest absolute Gasteiger partial charge is 0.295 e. The standard InChI is InChI=1S/C18H23N3O3/c1-5-20-12-15(11-19-20)17(22)18(23)21(6-2)13(3)14-8-7-9-16(10-14)24-4/h7-13H,5-6H2,1-4H3/t13-/m1/s1. The van der Waals surface area contributed by atoms with Crippen molar-refractivity contribution in [2.24, 2.45) is 0 Å². The third-order valence-corrected chi connectivity index (χ3v) is 4.06. The van der Waals surface area contributed by atoms with E-state index in [9.17, 15) is 9.59 Å². The molecule has 0 bridgehead atoms. The van der Waals surface area contributed by atoms with Crippen LogP contribution in [0.5, 0.6) is 5.75 Å². The summed E-state index contributed by atoms with van der Waals surface area (Å²) in [5, 5.41) is 4.06. The van der Waals surface area contributed by atoms with Crippen LogP contribution in [0.4, 0.5) is 0 Å². The summed E-state index contributed by atoms with van der Waals surface area (Å²) >= 11 is 0. The molecular formula is C18H23N3O3. The Morgan fingerprint density at radius 1 is 1.33 bits per heavy atom. The molecule has 0 aliphatic carbocycles. The van der Waals surface area contributed by atoms with E-state index in [0.29, 0.717) is 18.7 Å². The van der Waals surface area contributed by atoms with Crippen LogP contribution in [0.1, 0.15) is 42.7 Å². The number of hydrogen-bond acceptors (Lipinski definition) is 4. The largest absolute Gasteiger partial charge is 0.497 e. The van der Waals surface area contributed by atoms with Crippen LogP contribution < -0.4 is 4.74 Å². The molecule has 0 radical (unpaired) electrons. The molecular weight excluding hydrogens is 306 g/mol. The summed E-state index contributed by atoms with van der Waals surface area (Å²) in [5.74, 6) is -0.340. The Morgan fingerprint density at radius 3 is 2.67 bits per heavy atom. The fourth-order valence-corrected chi connectivity index (χ4v) is 2.58. The van der Waals surface area contributed by atoms with Gasteiger partial charge in [-0.3, -0.25) is 14.3 Å². The van der Waals surface area contributed by atoms with Gasteiger partial charge in [0, 0.05) is 19.3 Å². The van der Waals surface area contributed by atoms with Gasteiger partial charge < -0.3 is 9.64 Å². The maximum absolute atomic E-state index is 12.6. The van der Waals surface area contributed by atoms with E-state index in [1.807, 2.05) is 45.0 Å². The van der Waals surface area contributed by atoms with Gasteiger partial charge in [0.05, 0.1) is 24.9 Å². The first-order valence-corrected chi connectivity index (χ1v) is 8.03. The zero-order valence-electron chi connectivity index (χ0n) is 14.5. The molecule has 2 rings (SSSR count). The number of carbonyl (C=O) groups is 2. The van der Waals surface area contributed by atoms with Crippen LogP contribution in [-0.4, -0.2) is 40.0 Å². The fourth-order valence-electron chi connectivity index (χ4n) is 2.58. The van der Waals surface area contributed by atoms with Crippen molar-refractivity contribution in [3.05, 3.63) is 47.8 Å². The number of aryl methyl sites for hydroxylation is 1. The van der Waals surface area contributed by atoms with Crippen molar-refractivity contribution in [1.29, 1.82) is 0 Å². The number of nitrogens with zero attached hydrogens (tertiary/aromatic N) is 3. The highest BCUT2D eigenvalue weighted by atomic mass is 16.5. The van der Waals surface area contributed by atoms with Crippen LogP contribution >= 0.6 is 0 Å². The van der Waals surface area contributed by atoms with Gasteiger partial charge in [-0.2, -0.15) is 5.10 Å². The second-order valence-electron chi connectivity index (χ2n) is 5.46. The van der Waals surface area contributed by atoms with E-state index in [1.165, 1.54) is 6.20 Å². The summed E-state index contributed by atoms with van der Waals surface area (Å²) in [6.07, 6.45) is 3.04. The molecule has 1 atom stereocenters. The third kappa shape index (κ3) is 3.64. The van der Waals surface area contributed by atoms with Gasteiger partial charge in [0.2, 0.25) is 0 Å². The second-order valence-corrected chi connectivity index (χ2v) is 5.46. The van der Waals surface area contributed by atoms with E-state index >= 15 is 0 Å². The van der Waals surface area contributed by atoms with Crippen molar-refractivity contribution >= 4 is 11.7 Å². The number of carbonyl (C=O) groups excluding carboxylic acids is 2. The number of hydrogen-bond donors (Lipinski definition) is 0. The normalized spacial score (nSPS) is 11.8. The molecule has 128 valence electrons. The number of ketones is 1. The lowest BCUT2D eigenvalue weighted by molar-refractivity contribution is -0.128. The molecule has 1 aromatic carbocycles. The third-order valence-electron chi connectivity index (χ3n) is 4.06. The molecule has 2 aromatic rings. The Labute approximate surface area is 142 Å². The van der Waals surface area contributed by atoms with Crippen LogP contribution in [0.25, 0.3) is 0 Å². The zero-order chi connectivity index (χ0) is 17.7. The van der Waals surface area contributed by atoms with E-state index in [0.717, 1.165) is 11.3 Å². The Morgan fingerprint density at radius 2 is 2.08 bits per heavy atom. The Hall–Kier alpha value is -2.63. The molecule has 6 nitrogen and oxygen atoms in total. The van der Waals surface area contributed by atoms with Crippen LogP contribution in [0.2, 0.25) is 0 Å². The van der Waals surface area contributed by atoms with E-state index in [1.54, 1.807) is 22.9 Å². The molecule has 0 unspecified atom stereocenters. The first-order chi connectivity index (χ1) is 11.5. The average molecular weight is 329 g/mol. The quantitative estimate of drug-likeness (QED) is 0.579. The maximum Gasteiger partial charge on any atom is 0.295 e. The molecule has 0 spiro atoms. The number of ether oxygens (including phenoxy) is 1. The number of methoxy groups -OCH3 is 1. The van der Waals surface area contributed by atoms with Gasteiger partial charge in [-0.1, -0.05) is 12.1 Å². The number of benzene rings is 1. The highest BCUT2D eigenvalue weighted by molar-refractivity contribution is 6.42.